The predicted molar refractivity (Wildman–Crippen MR) is 59.0 cm³/mol. The van der Waals surface area contributed by atoms with Crippen LogP contribution in [0.4, 0.5) is 14.6 Å². The van der Waals surface area contributed by atoms with Gasteiger partial charge in [-0.1, -0.05) is 11.2 Å². The SMILES string of the molecule is Nc1noc(-c2cccc(F)c2F)c1I. The monoisotopic (exact) mass is 322 g/mol. The third-order valence-electron chi connectivity index (χ3n) is 1.86. The van der Waals surface area contributed by atoms with Crippen molar-refractivity contribution >= 4 is 28.4 Å². The molecule has 0 atom stereocenters. The Labute approximate surface area is 97.4 Å². The van der Waals surface area contributed by atoms with Crippen LogP contribution in [-0.4, -0.2) is 5.16 Å². The van der Waals surface area contributed by atoms with Gasteiger partial charge in [-0.15, -0.1) is 0 Å². The minimum absolute atomic E-state index is 0.0172. The Morgan fingerprint density at radius 1 is 1.33 bits per heavy atom. The molecule has 0 aliphatic carbocycles. The van der Waals surface area contributed by atoms with Crippen molar-refractivity contribution in [3.63, 3.8) is 0 Å². The number of aromatic nitrogens is 1. The number of hydrogen-bond acceptors (Lipinski definition) is 3. The molecular weight excluding hydrogens is 317 g/mol. The molecule has 1 aromatic carbocycles. The largest absolute Gasteiger partial charge is 0.380 e. The molecule has 15 heavy (non-hydrogen) atoms. The van der Waals surface area contributed by atoms with E-state index in [1.54, 1.807) is 0 Å². The van der Waals surface area contributed by atoms with E-state index in [-0.39, 0.29) is 17.1 Å². The van der Waals surface area contributed by atoms with Crippen LogP contribution in [0.5, 0.6) is 0 Å². The summed E-state index contributed by atoms with van der Waals surface area (Å²) < 4.78 is 31.6. The van der Waals surface area contributed by atoms with Crippen LogP contribution in [0, 0.1) is 15.2 Å². The number of nitrogens with two attached hydrogens (primary N) is 1. The van der Waals surface area contributed by atoms with Gasteiger partial charge in [0.2, 0.25) is 0 Å². The number of anilines is 1. The predicted octanol–water partition coefficient (Wildman–Crippen LogP) is 2.81. The summed E-state index contributed by atoms with van der Waals surface area (Å²) in [4.78, 5) is 0. The zero-order chi connectivity index (χ0) is 11.0. The van der Waals surface area contributed by atoms with E-state index in [1.807, 2.05) is 22.6 Å². The molecule has 0 aliphatic heterocycles. The van der Waals surface area contributed by atoms with Gasteiger partial charge in [-0.05, 0) is 34.7 Å². The topological polar surface area (TPSA) is 52.0 Å². The van der Waals surface area contributed by atoms with Crippen LogP contribution in [-0.2, 0) is 0 Å². The summed E-state index contributed by atoms with van der Waals surface area (Å²) in [6.45, 7) is 0. The average Bonchev–Trinajstić information content (AvgIpc) is 2.53. The lowest BCUT2D eigenvalue weighted by atomic mass is 10.1. The fourth-order valence-electron chi connectivity index (χ4n) is 1.14. The first kappa shape index (κ1) is 10.3. The van der Waals surface area contributed by atoms with E-state index in [1.165, 1.54) is 12.1 Å². The Hall–Kier alpha value is -1.18. The molecule has 2 aromatic rings. The zero-order valence-electron chi connectivity index (χ0n) is 7.30. The molecule has 0 unspecified atom stereocenters. The third kappa shape index (κ3) is 1.69. The van der Waals surface area contributed by atoms with Crippen molar-refractivity contribution in [3.8, 4) is 11.3 Å². The van der Waals surface area contributed by atoms with Gasteiger partial charge in [0.05, 0.1) is 5.56 Å². The number of rotatable bonds is 1. The van der Waals surface area contributed by atoms with Crippen LogP contribution < -0.4 is 5.73 Å². The minimum Gasteiger partial charge on any atom is -0.380 e. The van der Waals surface area contributed by atoms with Crippen molar-refractivity contribution in [2.75, 3.05) is 5.73 Å². The van der Waals surface area contributed by atoms with E-state index < -0.39 is 11.6 Å². The van der Waals surface area contributed by atoms with Gasteiger partial charge in [0, 0.05) is 0 Å². The maximum absolute atomic E-state index is 13.4. The van der Waals surface area contributed by atoms with Gasteiger partial charge in [0.25, 0.3) is 0 Å². The second-order valence-electron chi connectivity index (χ2n) is 2.81. The molecule has 0 spiro atoms. The standard InChI is InChI=1S/C9H5F2IN2O/c10-5-3-1-2-4(6(5)11)8-7(12)9(13)14-15-8/h1-3H,(H2,13,14). The summed E-state index contributed by atoms with van der Waals surface area (Å²) in [6, 6.07) is 3.83. The molecule has 0 aliphatic rings. The van der Waals surface area contributed by atoms with Gasteiger partial charge in [-0.3, -0.25) is 0 Å². The molecule has 3 nitrogen and oxygen atoms in total. The van der Waals surface area contributed by atoms with Crippen LogP contribution in [0.2, 0.25) is 0 Å². The molecule has 2 N–H and O–H groups in total. The Morgan fingerprint density at radius 3 is 2.67 bits per heavy atom. The highest BCUT2D eigenvalue weighted by Gasteiger charge is 2.18. The number of benzene rings is 1. The van der Waals surface area contributed by atoms with Gasteiger partial charge in [0.15, 0.2) is 23.2 Å². The maximum atomic E-state index is 13.4. The molecule has 0 fully saturated rings. The van der Waals surface area contributed by atoms with Crippen LogP contribution in [0.25, 0.3) is 11.3 Å². The van der Waals surface area contributed by atoms with E-state index in [4.69, 9.17) is 10.3 Å². The summed E-state index contributed by atoms with van der Waals surface area (Å²) in [6.07, 6.45) is 0. The van der Waals surface area contributed by atoms with Crippen LogP contribution >= 0.6 is 22.6 Å². The number of nitrogen functional groups attached to an aromatic ring is 1. The number of nitrogens with zero attached hydrogens (tertiary/aromatic N) is 1. The van der Waals surface area contributed by atoms with Gasteiger partial charge in [-0.2, -0.15) is 0 Å². The molecular formula is C9H5F2IN2O. The van der Waals surface area contributed by atoms with Crippen molar-refractivity contribution in [3.05, 3.63) is 33.4 Å². The van der Waals surface area contributed by atoms with E-state index in [0.29, 0.717) is 3.57 Å². The lowest BCUT2D eigenvalue weighted by Gasteiger charge is -1.99. The molecule has 78 valence electrons. The van der Waals surface area contributed by atoms with Crippen molar-refractivity contribution in [2.24, 2.45) is 0 Å². The second-order valence-corrected chi connectivity index (χ2v) is 3.89. The van der Waals surface area contributed by atoms with E-state index in [0.717, 1.165) is 6.07 Å². The van der Waals surface area contributed by atoms with Crippen LogP contribution in [0.1, 0.15) is 0 Å². The fraction of sp³-hybridized carbons (Fsp3) is 0. The van der Waals surface area contributed by atoms with E-state index >= 15 is 0 Å². The molecule has 2 rings (SSSR count). The highest BCUT2D eigenvalue weighted by Crippen LogP contribution is 2.31. The molecule has 0 saturated carbocycles. The Kier molecular flexibility index (Phi) is 2.59. The first-order valence-corrected chi connectivity index (χ1v) is 5.04. The van der Waals surface area contributed by atoms with Crippen molar-refractivity contribution in [1.29, 1.82) is 0 Å². The highest BCUT2D eigenvalue weighted by atomic mass is 127. The maximum Gasteiger partial charge on any atom is 0.185 e. The van der Waals surface area contributed by atoms with Gasteiger partial charge in [-0.25, -0.2) is 8.78 Å². The summed E-state index contributed by atoms with van der Waals surface area (Å²) in [7, 11) is 0. The molecule has 0 amide bonds. The second kappa shape index (κ2) is 3.76. The fourth-order valence-corrected chi connectivity index (χ4v) is 1.63. The van der Waals surface area contributed by atoms with Crippen molar-refractivity contribution in [1.82, 2.24) is 5.16 Å². The van der Waals surface area contributed by atoms with E-state index in [2.05, 4.69) is 5.16 Å². The third-order valence-corrected chi connectivity index (χ3v) is 2.90. The Balaban J connectivity index is 2.64. The van der Waals surface area contributed by atoms with Gasteiger partial charge >= 0.3 is 0 Å². The normalized spacial score (nSPS) is 10.6. The molecule has 0 bridgehead atoms. The Morgan fingerprint density at radius 2 is 2.07 bits per heavy atom. The zero-order valence-corrected chi connectivity index (χ0v) is 9.46. The number of hydrogen-bond donors (Lipinski definition) is 1. The quantitative estimate of drug-likeness (QED) is 0.822. The number of halogens is 3. The average molecular weight is 322 g/mol. The van der Waals surface area contributed by atoms with Crippen molar-refractivity contribution < 1.29 is 13.3 Å². The molecule has 1 heterocycles. The molecule has 1 aromatic heterocycles. The summed E-state index contributed by atoms with van der Waals surface area (Å²) >= 11 is 1.86. The lowest BCUT2D eigenvalue weighted by molar-refractivity contribution is 0.430. The summed E-state index contributed by atoms with van der Waals surface area (Å²) in [5.74, 6) is -1.59. The molecule has 0 saturated heterocycles. The minimum atomic E-state index is -0.966. The Bertz CT molecular complexity index is 513. The van der Waals surface area contributed by atoms with Crippen LogP contribution in [0.15, 0.2) is 22.7 Å². The highest BCUT2D eigenvalue weighted by molar-refractivity contribution is 14.1. The lowest BCUT2D eigenvalue weighted by Crippen LogP contribution is -1.90. The van der Waals surface area contributed by atoms with Gasteiger partial charge < -0.3 is 10.3 Å². The summed E-state index contributed by atoms with van der Waals surface area (Å²) in [5.41, 5.74) is 5.45. The van der Waals surface area contributed by atoms with Crippen LogP contribution in [0.3, 0.4) is 0 Å². The first-order valence-electron chi connectivity index (χ1n) is 3.96. The van der Waals surface area contributed by atoms with Crippen molar-refractivity contribution in [2.45, 2.75) is 0 Å². The smallest absolute Gasteiger partial charge is 0.185 e. The molecule has 6 heteroatoms. The first-order chi connectivity index (χ1) is 7.11. The van der Waals surface area contributed by atoms with Gasteiger partial charge in [0.1, 0.15) is 3.57 Å². The molecule has 0 radical (unpaired) electrons. The van der Waals surface area contributed by atoms with E-state index in [9.17, 15) is 8.78 Å². The summed E-state index contributed by atoms with van der Waals surface area (Å²) in [5, 5.41) is 3.47.